The second-order valence-electron chi connectivity index (χ2n) is 15.6. The molecule has 0 saturated carbocycles. The van der Waals surface area contributed by atoms with Crippen LogP contribution in [0.25, 0.3) is 0 Å². The minimum absolute atomic E-state index is 0.0171. The van der Waals surface area contributed by atoms with Gasteiger partial charge in [-0.05, 0) is 64.0 Å². The van der Waals surface area contributed by atoms with Gasteiger partial charge in [-0.1, -0.05) is 56.2 Å². The Morgan fingerprint density at radius 1 is 1.25 bits per heavy atom. The van der Waals surface area contributed by atoms with E-state index in [4.69, 9.17) is 42.2 Å². The maximum absolute atomic E-state index is 14.2. The van der Waals surface area contributed by atoms with Gasteiger partial charge >= 0.3 is 12.1 Å². The Balaban J connectivity index is 1.73. The lowest BCUT2D eigenvalue weighted by atomic mass is 9.83. The summed E-state index contributed by atoms with van der Waals surface area (Å²) in [6.07, 6.45) is 0.819. The average Bonchev–Trinajstić information content (AvgIpc) is 3.79. The highest BCUT2D eigenvalue weighted by Crippen LogP contribution is 2.49. The fourth-order valence-corrected chi connectivity index (χ4v) is 8.82. The first-order chi connectivity index (χ1) is 25.5. The van der Waals surface area contributed by atoms with E-state index in [2.05, 4.69) is 5.32 Å². The average molecular weight is 806 g/mol. The molecule has 1 unspecified atom stereocenters. The van der Waals surface area contributed by atoms with Gasteiger partial charge in [0.15, 0.2) is 5.72 Å². The Morgan fingerprint density at radius 3 is 2.55 bits per heavy atom. The Bertz CT molecular complexity index is 1690. The van der Waals surface area contributed by atoms with Gasteiger partial charge in [0.2, 0.25) is 11.8 Å². The first-order valence-electron chi connectivity index (χ1n) is 18.4. The van der Waals surface area contributed by atoms with Crippen LogP contribution in [0.2, 0.25) is 5.02 Å². The van der Waals surface area contributed by atoms with Crippen LogP contribution in [0, 0.1) is 12.8 Å². The normalized spacial score (nSPS) is 30.9. The van der Waals surface area contributed by atoms with E-state index >= 15 is 0 Å². The number of rotatable bonds is 9. The molecule has 304 valence electrons. The molecular formula is C40H56ClN3O10S. The molecular weight excluding hydrogens is 750 g/mol. The van der Waals surface area contributed by atoms with Crippen molar-refractivity contribution in [3.63, 3.8) is 0 Å². The number of amides is 3. The van der Waals surface area contributed by atoms with Crippen molar-refractivity contribution in [3.8, 4) is 5.75 Å². The molecule has 3 amide bonds. The third-order valence-electron chi connectivity index (χ3n) is 10.5. The molecule has 55 heavy (non-hydrogen) atoms. The van der Waals surface area contributed by atoms with Crippen LogP contribution in [-0.2, 0) is 39.8 Å². The highest BCUT2D eigenvalue weighted by molar-refractivity contribution is 8.01. The standard InChI is InChI=1S/C40H56ClN3O10S/c1-22(2)55-38(6,7)21-33(46)43(9)25(5)36(47)53-31-19-32(45)44(10)27-17-26(18-28(50-11)34(27)41)16-23(3)14-13-15-30(51-12)40(49)20-29(52-37(48)42-40)24(4)35-39(31,8)54-35/h6,13-15,17-18,22,24-25,29-31,35,49H,16,19-21H2,1-5,7-12H3,(H,42,48)/b15-13+,23-14+/t24-,25-,29+,30-,31+,35+,38?,39+,40+/m1/s1. The number of carbonyl (C=O) groups excluding carboxylic acids is 4. The molecule has 1 aromatic carbocycles. The number of nitrogens with one attached hydrogen (secondary N) is 1. The van der Waals surface area contributed by atoms with Gasteiger partial charge in [-0.3, -0.25) is 14.9 Å². The van der Waals surface area contributed by atoms with E-state index in [0.29, 0.717) is 17.9 Å². The lowest BCUT2D eigenvalue weighted by Crippen LogP contribution is -2.63. The fraction of sp³-hybridized carbons (Fsp3) is 0.625. The molecule has 4 bridgehead atoms. The second-order valence-corrected chi connectivity index (χ2v) is 18.0. The number of likely N-dealkylation sites (N-methyl/N-ethyl adjacent to an activating group) is 1. The van der Waals surface area contributed by atoms with Crippen molar-refractivity contribution in [3.05, 3.63) is 53.4 Å². The minimum atomic E-state index is -1.84. The van der Waals surface area contributed by atoms with Crippen molar-refractivity contribution in [2.75, 3.05) is 33.2 Å². The molecule has 2 radical (unpaired) electrons. The summed E-state index contributed by atoms with van der Waals surface area (Å²) >= 11 is 8.23. The third-order valence-corrected chi connectivity index (χ3v) is 12.1. The first-order valence-corrected chi connectivity index (χ1v) is 19.6. The molecule has 2 fully saturated rings. The van der Waals surface area contributed by atoms with Crippen LogP contribution in [0.5, 0.6) is 5.75 Å². The van der Waals surface area contributed by atoms with Crippen molar-refractivity contribution in [1.82, 2.24) is 10.2 Å². The summed E-state index contributed by atoms with van der Waals surface area (Å²) in [6.45, 7) is 19.1. The molecule has 9 atom stereocenters. The molecule has 0 spiro atoms. The van der Waals surface area contributed by atoms with Crippen LogP contribution >= 0.6 is 23.4 Å². The van der Waals surface area contributed by atoms with E-state index < -0.39 is 70.4 Å². The molecule has 13 nitrogen and oxygen atoms in total. The van der Waals surface area contributed by atoms with Gasteiger partial charge in [-0.25, -0.2) is 9.59 Å². The van der Waals surface area contributed by atoms with Gasteiger partial charge < -0.3 is 38.6 Å². The fourth-order valence-electron chi connectivity index (χ4n) is 7.22. The third kappa shape index (κ3) is 10.4. The van der Waals surface area contributed by atoms with Crippen LogP contribution in [0.15, 0.2) is 35.9 Å². The summed E-state index contributed by atoms with van der Waals surface area (Å²) in [7, 11) is 5.99. The van der Waals surface area contributed by atoms with Gasteiger partial charge in [0.05, 0.1) is 25.3 Å². The number of benzene rings is 1. The predicted molar refractivity (Wildman–Crippen MR) is 211 cm³/mol. The Hall–Kier alpha value is -3.30. The number of nitrogens with zero attached hydrogens (tertiary/aromatic N) is 2. The van der Waals surface area contributed by atoms with E-state index in [1.165, 1.54) is 42.8 Å². The monoisotopic (exact) mass is 805 g/mol. The largest absolute Gasteiger partial charge is 0.495 e. The number of hydrogen-bond acceptors (Lipinski definition) is 11. The number of halogens is 1. The molecule has 15 heteroatoms. The molecule has 0 aliphatic carbocycles. The Kier molecular flexibility index (Phi) is 14.1. The summed E-state index contributed by atoms with van der Waals surface area (Å²) in [5.74, 6) is -1.72. The van der Waals surface area contributed by atoms with Gasteiger partial charge in [0.1, 0.15) is 40.7 Å². The number of methoxy groups -OCH3 is 2. The molecule has 2 N–H and O–H groups in total. The maximum atomic E-state index is 14.2. The summed E-state index contributed by atoms with van der Waals surface area (Å²) < 4.78 is 28.4. The topological polar surface area (TPSA) is 156 Å². The van der Waals surface area contributed by atoms with Crippen LogP contribution in [0.1, 0.15) is 73.3 Å². The number of alkyl carbamates (subject to hydrolysis) is 1. The number of fused-ring (bicyclic) bond motifs is 5. The maximum Gasteiger partial charge on any atom is 0.409 e. The smallest absolute Gasteiger partial charge is 0.409 e. The highest BCUT2D eigenvalue weighted by Gasteiger charge is 2.64. The van der Waals surface area contributed by atoms with E-state index in [9.17, 15) is 24.3 Å². The van der Waals surface area contributed by atoms with E-state index in [1.54, 1.807) is 59.0 Å². The Morgan fingerprint density at radius 2 is 1.93 bits per heavy atom. The zero-order chi connectivity index (χ0) is 41.2. The van der Waals surface area contributed by atoms with Crippen molar-refractivity contribution in [2.45, 2.75) is 126 Å². The van der Waals surface area contributed by atoms with Crippen molar-refractivity contribution >= 4 is 52.9 Å². The lowest BCUT2D eigenvalue weighted by Gasteiger charge is -2.42. The molecule has 0 aromatic heterocycles. The van der Waals surface area contributed by atoms with Gasteiger partial charge in [-0.2, -0.15) is 11.8 Å². The minimum Gasteiger partial charge on any atom is -0.495 e. The molecule has 3 heterocycles. The molecule has 2 saturated heterocycles. The lowest BCUT2D eigenvalue weighted by molar-refractivity contribution is -0.162. The predicted octanol–water partition coefficient (Wildman–Crippen LogP) is 5.52. The number of anilines is 1. The molecule has 3 aliphatic heterocycles. The molecule has 1 aromatic rings. The Labute approximate surface area is 334 Å². The zero-order valence-electron chi connectivity index (χ0n) is 33.6. The van der Waals surface area contributed by atoms with Gasteiger partial charge in [0, 0.05) is 44.7 Å². The number of epoxide rings is 1. The number of ether oxygens (including phenoxy) is 5. The van der Waals surface area contributed by atoms with Crippen molar-refractivity contribution < 1.29 is 48.0 Å². The number of esters is 1. The number of hydrogen-bond donors (Lipinski definition) is 2. The van der Waals surface area contributed by atoms with Gasteiger partial charge in [0.25, 0.3) is 0 Å². The van der Waals surface area contributed by atoms with E-state index in [0.717, 1.165) is 11.1 Å². The summed E-state index contributed by atoms with van der Waals surface area (Å²) in [4.78, 5) is 56.9. The highest BCUT2D eigenvalue weighted by atomic mass is 35.5. The number of aliphatic hydroxyl groups is 1. The number of carbonyl (C=O) groups is 4. The van der Waals surface area contributed by atoms with E-state index in [1.807, 2.05) is 26.8 Å². The van der Waals surface area contributed by atoms with Crippen LogP contribution in [0.3, 0.4) is 0 Å². The molecule has 4 rings (SSSR count). The molecule has 3 aliphatic rings. The summed E-state index contributed by atoms with van der Waals surface area (Å²) in [6, 6.07) is 2.54. The summed E-state index contributed by atoms with van der Waals surface area (Å²) in [5, 5.41) is 14.7. The quantitative estimate of drug-likeness (QED) is 0.240. The van der Waals surface area contributed by atoms with E-state index in [-0.39, 0.29) is 35.4 Å². The first kappa shape index (κ1) is 44.4. The van der Waals surface area contributed by atoms with Crippen LogP contribution in [0.4, 0.5) is 10.5 Å². The summed E-state index contributed by atoms with van der Waals surface area (Å²) in [5.41, 5.74) is -0.963. The zero-order valence-corrected chi connectivity index (χ0v) is 35.2. The second kappa shape index (κ2) is 17.5. The van der Waals surface area contributed by atoms with Crippen LogP contribution < -0.4 is 15.0 Å². The van der Waals surface area contributed by atoms with Crippen LogP contribution in [-0.4, -0.2) is 114 Å². The number of thioether (sulfide) groups is 1. The van der Waals surface area contributed by atoms with Crippen molar-refractivity contribution in [1.29, 1.82) is 0 Å². The number of allylic oxidation sites excluding steroid dienone is 3. The van der Waals surface area contributed by atoms with Gasteiger partial charge in [-0.15, -0.1) is 0 Å². The van der Waals surface area contributed by atoms with Crippen molar-refractivity contribution in [2.24, 2.45) is 5.92 Å². The SMILES string of the molecule is [CH]C(C)(CC(=O)N(C)[C@H](C)C(=O)O[C@H]1CC(=O)N(C)c2cc(cc(OC)c2Cl)C/C(C)=C/C=C/[C@@H](OC)[C@@]2(O)C[C@H](OC(=O)N2)[C@@H](C)[C@@H]2O[C@@]12C)SC(C)C.